The third-order valence-corrected chi connectivity index (χ3v) is 1.89. The second-order valence-electron chi connectivity index (χ2n) is 2.96. The van der Waals surface area contributed by atoms with E-state index in [-0.39, 0.29) is 5.82 Å². The molecule has 0 spiro atoms. The molecule has 13 heavy (non-hydrogen) atoms. The van der Waals surface area contributed by atoms with Crippen LogP contribution in [0.1, 0.15) is 5.76 Å². The Balaban J connectivity index is 2.46. The maximum absolute atomic E-state index is 12.8. The van der Waals surface area contributed by atoms with Gasteiger partial charge in [-0.25, -0.2) is 4.39 Å². The summed E-state index contributed by atoms with van der Waals surface area (Å²) in [6, 6.07) is 8.34. The van der Waals surface area contributed by atoms with E-state index in [1.165, 1.54) is 12.1 Å². The molecule has 0 N–H and O–H groups in total. The molecule has 1 heterocycles. The molecule has 2 aromatic rings. The second-order valence-corrected chi connectivity index (χ2v) is 2.96. The molecule has 1 aromatic heterocycles. The first kappa shape index (κ1) is 8.05. The van der Waals surface area contributed by atoms with Crippen LogP contribution in [0, 0.1) is 12.7 Å². The third kappa shape index (κ3) is 1.61. The smallest absolute Gasteiger partial charge is 0.123 e. The van der Waals surface area contributed by atoms with Crippen LogP contribution in [-0.2, 0) is 0 Å². The van der Waals surface area contributed by atoms with Crippen molar-refractivity contribution in [3.8, 4) is 11.1 Å². The molecule has 0 aliphatic rings. The summed E-state index contributed by atoms with van der Waals surface area (Å²) >= 11 is 0. The molecule has 1 nitrogen and oxygen atoms in total. The molecule has 0 atom stereocenters. The minimum Gasteiger partial charge on any atom is -0.469 e. The van der Waals surface area contributed by atoms with Crippen LogP contribution in [0.25, 0.3) is 11.1 Å². The lowest BCUT2D eigenvalue weighted by Crippen LogP contribution is -1.75. The standard InChI is InChI=1S/C11H9FO/c1-8-5-10(7-13-8)9-3-2-4-11(12)6-9/h2-7H,1H3. The van der Waals surface area contributed by atoms with Crippen molar-refractivity contribution in [2.45, 2.75) is 6.92 Å². The lowest BCUT2D eigenvalue weighted by atomic mass is 10.1. The molecule has 0 fully saturated rings. The zero-order chi connectivity index (χ0) is 9.26. The Kier molecular flexibility index (Phi) is 1.89. The van der Waals surface area contributed by atoms with E-state index in [4.69, 9.17) is 4.42 Å². The Labute approximate surface area is 75.8 Å². The van der Waals surface area contributed by atoms with Crippen LogP contribution in [0.15, 0.2) is 41.0 Å². The van der Waals surface area contributed by atoms with Gasteiger partial charge in [0, 0.05) is 5.56 Å². The summed E-state index contributed by atoms with van der Waals surface area (Å²) in [5.41, 5.74) is 1.76. The number of furan rings is 1. The van der Waals surface area contributed by atoms with Gasteiger partial charge in [0.25, 0.3) is 0 Å². The molecule has 0 aliphatic heterocycles. The number of hydrogen-bond acceptors (Lipinski definition) is 1. The van der Waals surface area contributed by atoms with Crippen LogP contribution < -0.4 is 0 Å². The van der Waals surface area contributed by atoms with Crippen LogP contribution in [0.4, 0.5) is 4.39 Å². The van der Waals surface area contributed by atoms with E-state index >= 15 is 0 Å². The summed E-state index contributed by atoms with van der Waals surface area (Å²) in [7, 11) is 0. The van der Waals surface area contributed by atoms with Gasteiger partial charge in [-0.1, -0.05) is 12.1 Å². The van der Waals surface area contributed by atoms with Gasteiger partial charge in [0.1, 0.15) is 11.6 Å². The van der Waals surface area contributed by atoms with E-state index in [1.807, 2.05) is 19.1 Å². The maximum atomic E-state index is 12.8. The first-order valence-corrected chi connectivity index (χ1v) is 4.07. The van der Waals surface area contributed by atoms with Crippen LogP contribution in [-0.4, -0.2) is 0 Å². The minimum atomic E-state index is -0.226. The molecule has 2 rings (SSSR count). The average molecular weight is 176 g/mol. The molecule has 0 unspecified atom stereocenters. The normalized spacial score (nSPS) is 10.3. The molecular weight excluding hydrogens is 167 g/mol. The van der Waals surface area contributed by atoms with E-state index < -0.39 is 0 Å². The monoisotopic (exact) mass is 176 g/mol. The molecule has 66 valence electrons. The average Bonchev–Trinajstić information content (AvgIpc) is 2.52. The van der Waals surface area contributed by atoms with Gasteiger partial charge in [-0.15, -0.1) is 0 Å². The summed E-state index contributed by atoms with van der Waals surface area (Å²) in [5, 5.41) is 0. The quantitative estimate of drug-likeness (QED) is 0.649. The molecule has 1 aromatic carbocycles. The van der Waals surface area contributed by atoms with Crippen LogP contribution in [0.2, 0.25) is 0 Å². The van der Waals surface area contributed by atoms with Gasteiger partial charge >= 0.3 is 0 Å². The van der Waals surface area contributed by atoms with Gasteiger partial charge in [0.15, 0.2) is 0 Å². The topological polar surface area (TPSA) is 13.1 Å². The molecule has 0 amide bonds. The van der Waals surface area contributed by atoms with Crippen molar-refractivity contribution >= 4 is 0 Å². The SMILES string of the molecule is Cc1cc(-c2cccc(F)c2)co1. The van der Waals surface area contributed by atoms with Gasteiger partial charge in [-0.3, -0.25) is 0 Å². The third-order valence-electron chi connectivity index (χ3n) is 1.89. The summed E-state index contributed by atoms with van der Waals surface area (Å²) in [4.78, 5) is 0. The Bertz CT molecular complexity index is 418. The highest BCUT2D eigenvalue weighted by Crippen LogP contribution is 2.21. The molecule has 0 saturated heterocycles. The second kappa shape index (κ2) is 3.05. The number of hydrogen-bond donors (Lipinski definition) is 0. The van der Waals surface area contributed by atoms with Crippen molar-refractivity contribution in [3.63, 3.8) is 0 Å². The minimum absolute atomic E-state index is 0.226. The Morgan fingerprint density at radius 3 is 2.62 bits per heavy atom. The highest BCUT2D eigenvalue weighted by molar-refractivity contribution is 5.62. The van der Waals surface area contributed by atoms with Crippen molar-refractivity contribution in [2.75, 3.05) is 0 Å². The van der Waals surface area contributed by atoms with E-state index in [0.717, 1.165) is 16.9 Å². The first-order chi connectivity index (χ1) is 6.25. The van der Waals surface area contributed by atoms with Crippen LogP contribution in [0.3, 0.4) is 0 Å². The van der Waals surface area contributed by atoms with Crippen molar-refractivity contribution in [2.24, 2.45) is 0 Å². The number of aryl methyl sites for hydroxylation is 1. The van der Waals surface area contributed by atoms with E-state index in [0.29, 0.717) is 0 Å². The predicted octanol–water partition coefficient (Wildman–Crippen LogP) is 3.39. The number of rotatable bonds is 1. The largest absolute Gasteiger partial charge is 0.469 e. The molecule has 0 saturated carbocycles. The van der Waals surface area contributed by atoms with Gasteiger partial charge in [-0.2, -0.15) is 0 Å². The van der Waals surface area contributed by atoms with Crippen LogP contribution >= 0.6 is 0 Å². The van der Waals surface area contributed by atoms with Crippen LogP contribution in [0.5, 0.6) is 0 Å². The van der Waals surface area contributed by atoms with Crippen molar-refractivity contribution in [1.82, 2.24) is 0 Å². The lowest BCUT2D eigenvalue weighted by Gasteiger charge is -1.95. The van der Waals surface area contributed by atoms with Gasteiger partial charge in [0.05, 0.1) is 6.26 Å². The fraction of sp³-hybridized carbons (Fsp3) is 0.0909. The zero-order valence-corrected chi connectivity index (χ0v) is 7.25. The van der Waals surface area contributed by atoms with Crippen molar-refractivity contribution < 1.29 is 8.81 Å². The Morgan fingerprint density at radius 2 is 2.00 bits per heavy atom. The molecule has 0 radical (unpaired) electrons. The van der Waals surface area contributed by atoms with Gasteiger partial charge < -0.3 is 4.42 Å². The van der Waals surface area contributed by atoms with E-state index in [9.17, 15) is 4.39 Å². The van der Waals surface area contributed by atoms with Crippen molar-refractivity contribution in [1.29, 1.82) is 0 Å². The van der Waals surface area contributed by atoms with Gasteiger partial charge in [-0.05, 0) is 30.7 Å². The fourth-order valence-corrected chi connectivity index (χ4v) is 1.26. The lowest BCUT2D eigenvalue weighted by molar-refractivity contribution is 0.535. The highest BCUT2D eigenvalue weighted by atomic mass is 19.1. The first-order valence-electron chi connectivity index (χ1n) is 4.07. The predicted molar refractivity (Wildman–Crippen MR) is 48.8 cm³/mol. The Hall–Kier alpha value is -1.57. The fourth-order valence-electron chi connectivity index (χ4n) is 1.26. The van der Waals surface area contributed by atoms with E-state index in [2.05, 4.69) is 0 Å². The number of halogens is 1. The zero-order valence-electron chi connectivity index (χ0n) is 7.25. The summed E-state index contributed by atoms with van der Waals surface area (Å²) in [6.07, 6.45) is 1.63. The molecule has 0 bridgehead atoms. The van der Waals surface area contributed by atoms with Gasteiger partial charge in [0.2, 0.25) is 0 Å². The molecule has 0 aliphatic carbocycles. The van der Waals surface area contributed by atoms with E-state index in [1.54, 1.807) is 12.3 Å². The maximum Gasteiger partial charge on any atom is 0.123 e. The molecular formula is C11H9FO. The van der Waals surface area contributed by atoms with Crippen molar-refractivity contribution in [3.05, 3.63) is 48.2 Å². The Morgan fingerprint density at radius 1 is 1.15 bits per heavy atom. The summed E-state index contributed by atoms with van der Waals surface area (Å²) < 4.78 is 18.0. The molecule has 2 heteroatoms. The number of benzene rings is 1. The summed E-state index contributed by atoms with van der Waals surface area (Å²) in [6.45, 7) is 1.86. The summed E-state index contributed by atoms with van der Waals surface area (Å²) in [5.74, 6) is 0.607. The highest BCUT2D eigenvalue weighted by Gasteiger charge is 2.01.